The van der Waals surface area contributed by atoms with E-state index in [9.17, 15) is 14.3 Å². The van der Waals surface area contributed by atoms with Crippen LogP contribution in [-0.4, -0.2) is 20.6 Å². The van der Waals surface area contributed by atoms with E-state index < -0.39 is 0 Å². The lowest BCUT2D eigenvalue weighted by Gasteiger charge is -2.11. The number of aliphatic hydroxyl groups is 1. The number of carbonyl (C=O) groups is 1. The van der Waals surface area contributed by atoms with Gasteiger partial charge in [0.1, 0.15) is 5.82 Å². The van der Waals surface area contributed by atoms with Gasteiger partial charge < -0.3 is 15.0 Å². The molecule has 0 atom stereocenters. The van der Waals surface area contributed by atoms with Crippen LogP contribution in [0.3, 0.4) is 0 Å². The molecule has 0 saturated heterocycles. The van der Waals surface area contributed by atoms with Crippen molar-refractivity contribution in [2.24, 2.45) is 0 Å². The highest BCUT2D eigenvalue weighted by Crippen LogP contribution is 2.39. The maximum atomic E-state index is 13.3. The molecule has 27 heavy (non-hydrogen) atoms. The summed E-state index contributed by atoms with van der Waals surface area (Å²) < 4.78 is 15.3. The first kappa shape index (κ1) is 17.7. The number of nitrogens with one attached hydrogen (secondary N) is 1. The van der Waals surface area contributed by atoms with E-state index in [0.29, 0.717) is 28.0 Å². The largest absolute Gasteiger partial charge is 0.392 e. The maximum absolute atomic E-state index is 13.3. The fraction of sp³-hybridized carbons (Fsp3) is 0.200. The van der Waals surface area contributed by atoms with Crippen LogP contribution in [0.4, 0.5) is 10.1 Å². The number of imidazole rings is 1. The highest BCUT2D eigenvalue weighted by Gasteiger charge is 2.29. The molecule has 1 aliphatic rings. The van der Waals surface area contributed by atoms with Gasteiger partial charge >= 0.3 is 0 Å². The van der Waals surface area contributed by atoms with E-state index in [4.69, 9.17) is 11.6 Å². The molecule has 0 aliphatic heterocycles. The average molecular weight is 386 g/mol. The van der Waals surface area contributed by atoms with Crippen LogP contribution >= 0.6 is 11.6 Å². The van der Waals surface area contributed by atoms with Crippen LogP contribution in [0.2, 0.25) is 5.02 Å². The van der Waals surface area contributed by atoms with Crippen molar-refractivity contribution in [2.75, 3.05) is 5.32 Å². The van der Waals surface area contributed by atoms with Gasteiger partial charge in [0, 0.05) is 22.3 Å². The number of nitrogens with zero attached hydrogens (tertiary/aromatic N) is 2. The SMILES string of the molecule is O=C(Nc1ccc(Cl)c(CO)c1)c1ncn(C2CC2)c1-c1ccc(F)cc1. The fourth-order valence-electron chi connectivity index (χ4n) is 3.01. The van der Waals surface area contributed by atoms with E-state index in [1.165, 1.54) is 12.1 Å². The van der Waals surface area contributed by atoms with Crippen LogP contribution in [0.15, 0.2) is 48.8 Å². The highest BCUT2D eigenvalue weighted by atomic mass is 35.5. The van der Waals surface area contributed by atoms with Crippen molar-refractivity contribution in [1.29, 1.82) is 0 Å². The number of aliphatic hydroxyl groups excluding tert-OH is 1. The molecule has 2 N–H and O–H groups in total. The molecule has 138 valence electrons. The van der Waals surface area contributed by atoms with E-state index in [0.717, 1.165) is 18.4 Å². The number of carbonyl (C=O) groups excluding carboxylic acids is 1. The molecule has 3 aromatic rings. The molecule has 1 amide bonds. The molecule has 4 rings (SSSR count). The summed E-state index contributed by atoms with van der Waals surface area (Å²) in [5.74, 6) is -0.708. The van der Waals surface area contributed by atoms with Crippen molar-refractivity contribution in [3.63, 3.8) is 0 Å². The summed E-state index contributed by atoms with van der Waals surface area (Å²) in [6, 6.07) is 11.2. The van der Waals surface area contributed by atoms with E-state index in [1.807, 2.05) is 4.57 Å². The third kappa shape index (κ3) is 3.59. The molecule has 0 spiro atoms. The van der Waals surface area contributed by atoms with Crippen LogP contribution in [0, 0.1) is 5.82 Å². The number of anilines is 1. The zero-order valence-corrected chi connectivity index (χ0v) is 15.1. The van der Waals surface area contributed by atoms with Crippen molar-refractivity contribution in [3.8, 4) is 11.3 Å². The van der Waals surface area contributed by atoms with Gasteiger partial charge in [0.25, 0.3) is 5.91 Å². The zero-order chi connectivity index (χ0) is 19.0. The van der Waals surface area contributed by atoms with Crippen LogP contribution in [0.1, 0.15) is 34.9 Å². The average Bonchev–Trinajstić information content (AvgIpc) is 3.42. The number of hydrogen-bond donors (Lipinski definition) is 2. The Labute approximate surface area is 160 Å². The maximum Gasteiger partial charge on any atom is 0.276 e. The Hall–Kier alpha value is -2.70. The lowest BCUT2D eigenvalue weighted by atomic mass is 10.1. The topological polar surface area (TPSA) is 67.2 Å². The van der Waals surface area contributed by atoms with Crippen molar-refractivity contribution >= 4 is 23.2 Å². The molecular weight excluding hydrogens is 369 g/mol. The molecule has 5 nitrogen and oxygen atoms in total. The number of rotatable bonds is 5. The molecule has 1 heterocycles. The van der Waals surface area contributed by atoms with Crippen LogP contribution < -0.4 is 5.32 Å². The number of halogens is 2. The van der Waals surface area contributed by atoms with Gasteiger partial charge in [0.2, 0.25) is 0 Å². The predicted molar refractivity (Wildman–Crippen MR) is 101 cm³/mol. The Bertz CT molecular complexity index is 997. The Kier molecular flexibility index (Phi) is 4.68. The quantitative estimate of drug-likeness (QED) is 0.683. The van der Waals surface area contributed by atoms with Crippen LogP contribution in [-0.2, 0) is 6.61 Å². The third-order valence-electron chi connectivity index (χ3n) is 4.54. The fourth-order valence-corrected chi connectivity index (χ4v) is 3.19. The number of amides is 1. The molecule has 2 aromatic carbocycles. The minimum absolute atomic E-state index is 0.223. The highest BCUT2D eigenvalue weighted by molar-refractivity contribution is 6.31. The normalized spacial score (nSPS) is 13.6. The van der Waals surface area contributed by atoms with E-state index in [-0.39, 0.29) is 24.0 Å². The summed E-state index contributed by atoms with van der Waals surface area (Å²) in [5, 5.41) is 12.6. The zero-order valence-electron chi connectivity index (χ0n) is 14.3. The molecule has 0 radical (unpaired) electrons. The number of aromatic nitrogens is 2. The molecular formula is C20H17ClFN3O2. The first-order chi connectivity index (χ1) is 13.1. The van der Waals surface area contributed by atoms with E-state index >= 15 is 0 Å². The summed E-state index contributed by atoms with van der Waals surface area (Å²) in [4.78, 5) is 17.2. The number of benzene rings is 2. The van der Waals surface area contributed by atoms with Gasteiger partial charge in [-0.3, -0.25) is 4.79 Å². The Morgan fingerprint density at radius 3 is 2.67 bits per heavy atom. The summed E-state index contributed by atoms with van der Waals surface area (Å²) in [6.07, 6.45) is 3.72. The monoisotopic (exact) mass is 385 g/mol. The van der Waals surface area contributed by atoms with Crippen molar-refractivity contribution in [1.82, 2.24) is 9.55 Å². The molecule has 0 unspecified atom stereocenters. The van der Waals surface area contributed by atoms with E-state index in [2.05, 4.69) is 10.3 Å². The van der Waals surface area contributed by atoms with Gasteiger partial charge in [-0.2, -0.15) is 0 Å². The number of hydrogen-bond acceptors (Lipinski definition) is 3. The Morgan fingerprint density at radius 2 is 2.00 bits per heavy atom. The molecule has 1 aliphatic carbocycles. The molecule has 1 fully saturated rings. The van der Waals surface area contributed by atoms with Gasteiger partial charge in [-0.15, -0.1) is 0 Å². The second kappa shape index (κ2) is 7.13. The lowest BCUT2D eigenvalue weighted by molar-refractivity contribution is 0.102. The second-order valence-electron chi connectivity index (χ2n) is 6.51. The summed E-state index contributed by atoms with van der Waals surface area (Å²) in [6.45, 7) is -0.223. The smallest absolute Gasteiger partial charge is 0.276 e. The summed E-state index contributed by atoms with van der Waals surface area (Å²) >= 11 is 5.99. The van der Waals surface area contributed by atoms with Gasteiger partial charge in [0.15, 0.2) is 5.69 Å². The van der Waals surface area contributed by atoms with Crippen molar-refractivity contribution < 1.29 is 14.3 Å². The van der Waals surface area contributed by atoms with E-state index in [1.54, 1.807) is 36.7 Å². The van der Waals surface area contributed by atoms with Gasteiger partial charge in [0.05, 0.1) is 18.6 Å². The summed E-state index contributed by atoms with van der Waals surface area (Å²) in [7, 11) is 0. The minimum Gasteiger partial charge on any atom is -0.392 e. The third-order valence-corrected chi connectivity index (χ3v) is 4.91. The van der Waals surface area contributed by atoms with Gasteiger partial charge in [-0.1, -0.05) is 11.6 Å². The van der Waals surface area contributed by atoms with Crippen molar-refractivity contribution in [3.05, 3.63) is 70.9 Å². The molecule has 0 bridgehead atoms. The van der Waals surface area contributed by atoms with Crippen LogP contribution in [0.25, 0.3) is 11.3 Å². The van der Waals surface area contributed by atoms with Gasteiger partial charge in [-0.25, -0.2) is 9.37 Å². The second-order valence-corrected chi connectivity index (χ2v) is 6.91. The first-order valence-electron chi connectivity index (χ1n) is 8.60. The van der Waals surface area contributed by atoms with Gasteiger partial charge in [-0.05, 0) is 60.9 Å². The Morgan fingerprint density at radius 1 is 1.26 bits per heavy atom. The first-order valence-corrected chi connectivity index (χ1v) is 8.98. The molecule has 1 aromatic heterocycles. The van der Waals surface area contributed by atoms with Crippen LogP contribution in [0.5, 0.6) is 0 Å². The predicted octanol–water partition coefficient (Wildman–Crippen LogP) is 4.42. The van der Waals surface area contributed by atoms with Crippen molar-refractivity contribution in [2.45, 2.75) is 25.5 Å². The molecule has 7 heteroatoms. The molecule has 1 saturated carbocycles. The summed E-state index contributed by atoms with van der Waals surface area (Å²) in [5.41, 5.74) is 2.72. The minimum atomic E-state index is -0.375. The Balaban J connectivity index is 1.69. The lowest BCUT2D eigenvalue weighted by Crippen LogP contribution is -2.14. The standard InChI is InChI=1S/C20H17ClFN3O2/c21-17-8-5-15(9-13(17)10-26)24-20(27)18-19(12-1-3-14(22)4-2-12)25(11-23-18)16-6-7-16/h1-5,8-9,11,16,26H,6-7,10H2,(H,24,27).